The second-order valence-corrected chi connectivity index (χ2v) is 10.4. The third-order valence-corrected chi connectivity index (χ3v) is 7.67. The van der Waals surface area contributed by atoms with Crippen LogP contribution < -0.4 is 9.64 Å². The smallest absolute Gasteiger partial charge is 0.226 e. The van der Waals surface area contributed by atoms with E-state index in [1.54, 1.807) is 11.9 Å². The second kappa shape index (κ2) is 12.4. The summed E-state index contributed by atoms with van der Waals surface area (Å²) in [4.78, 5) is 29.5. The Bertz CT molecular complexity index is 1100. The third-order valence-electron chi connectivity index (χ3n) is 7.43. The summed E-state index contributed by atoms with van der Waals surface area (Å²) in [5.74, 6) is -0.168. The van der Waals surface area contributed by atoms with E-state index in [0.717, 1.165) is 85.5 Å². The van der Waals surface area contributed by atoms with Crippen LogP contribution in [0.15, 0.2) is 48.6 Å². The number of hydrogen-bond acceptors (Lipinski definition) is 4. The molecule has 2 heterocycles. The molecule has 2 aromatic rings. The lowest BCUT2D eigenvalue weighted by Crippen LogP contribution is -2.35. The number of amides is 1. The van der Waals surface area contributed by atoms with Gasteiger partial charge >= 0.3 is 0 Å². The van der Waals surface area contributed by atoms with Crippen molar-refractivity contribution in [3.63, 3.8) is 0 Å². The number of nitrogens with zero attached hydrogens (tertiary/aromatic N) is 2. The van der Waals surface area contributed by atoms with E-state index in [9.17, 15) is 9.59 Å². The Kier molecular flexibility index (Phi) is 9.08. The summed E-state index contributed by atoms with van der Waals surface area (Å²) in [7, 11) is 1.81. The minimum absolute atomic E-state index is 0.0217. The highest BCUT2D eigenvalue weighted by atomic mass is 35.5. The zero-order valence-corrected chi connectivity index (χ0v) is 22.2. The molecule has 0 spiro atoms. The maximum Gasteiger partial charge on any atom is 0.226 e. The van der Waals surface area contributed by atoms with Crippen LogP contribution in [0.1, 0.15) is 61.6 Å². The van der Waals surface area contributed by atoms with Crippen molar-refractivity contribution < 1.29 is 14.3 Å². The summed E-state index contributed by atoms with van der Waals surface area (Å²) < 4.78 is 6.41. The Labute approximate surface area is 220 Å². The predicted molar refractivity (Wildman–Crippen MR) is 146 cm³/mol. The first kappa shape index (κ1) is 26.3. The van der Waals surface area contributed by atoms with Crippen molar-refractivity contribution in [2.45, 2.75) is 58.0 Å². The molecule has 0 N–H and O–H groups in total. The topological polar surface area (TPSA) is 49.9 Å². The molecule has 0 aliphatic carbocycles. The molecule has 36 heavy (non-hydrogen) atoms. The molecule has 1 unspecified atom stereocenters. The maximum absolute atomic E-state index is 13.1. The van der Waals surface area contributed by atoms with Gasteiger partial charge in [0.1, 0.15) is 18.6 Å². The zero-order valence-electron chi connectivity index (χ0n) is 21.4. The Hall–Kier alpha value is -2.79. The molecule has 0 aromatic heterocycles. The van der Waals surface area contributed by atoms with Gasteiger partial charge in [0.05, 0.1) is 11.6 Å². The standard InChI is InChI=1S/C30H37ClN2O3/c1-22-27(20-34)24-12-14-29-28(19-24)33(16-8-5-3-4-7-15-32(2)30(22)35)17-9-6-10-23-18-26(31)13-11-25(23)21-36-29/h4,7,11-14,18-20,22,27H,3,5-6,8-10,15-17,21H2,1-2H3/b7-4+/t22-,27?/m1/s1. The Morgan fingerprint density at radius 2 is 1.81 bits per heavy atom. The van der Waals surface area contributed by atoms with Crippen molar-refractivity contribution in [1.29, 1.82) is 0 Å². The van der Waals surface area contributed by atoms with Crippen LogP contribution in [-0.2, 0) is 22.6 Å². The molecule has 1 amide bonds. The molecule has 2 aromatic carbocycles. The molecule has 0 saturated heterocycles. The van der Waals surface area contributed by atoms with Crippen LogP contribution in [0.2, 0.25) is 5.02 Å². The molecule has 4 rings (SSSR count). The quantitative estimate of drug-likeness (QED) is 0.341. The number of ether oxygens (including phenoxy) is 1. The van der Waals surface area contributed by atoms with Crippen LogP contribution in [0.3, 0.4) is 0 Å². The number of rotatable bonds is 1. The normalized spacial score (nSPS) is 22.8. The number of aldehydes is 1. The molecule has 2 atom stereocenters. The van der Waals surface area contributed by atoms with Crippen LogP contribution in [0, 0.1) is 5.92 Å². The zero-order chi connectivity index (χ0) is 25.5. The first-order valence-electron chi connectivity index (χ1n) is 13.1. The lowest BCUT2D eigenvalue weighted by atomic mass is 9.87. The van der Waals surface area contributed by atoms with Gasteiger partial charge in [-0.25, -0.2) is 0 Å². The summed E-state index contributed by atoms with van der Waals surface area (Å²) in [6.07, 6.45) is 11.4. The first-order valence-corrected chi connectivity index (χ1v) is 13.5. The number of allylic oxidation sites excluding steroid dienone is 1. The molecule has 192 valence electrons. The van der Waals surface area contributed by atoms with Crippen LogP contribution in [0.25, 0.3) is 0 Å². The number of likely N-dealkylation sites (N-methyl/N-ethyl adjacent to an activating group) is 1. The molecular weight excluding hydrogens is 472 g/mol. The summed E-state index contributed by atoms with van der Waals surface area (Å²) in [5, 5.41) is 0.756. The van der Waals surface area contributed by atoms with E-state index in [1.807, 2.05) is 25.1 Å². The Balaban J connectivity index is 1.73. The van der Waals surface area contributed by atoms with Gasteiger partial charge in [-0.2, -0.15) is 0 Å². The fourth-order valence-corrected chi connectivity index (χ4v) is 5.39. The van der Waals surface area contributed by atoms with Gasteiger partial charge in [-0.3, -0.25) is 4.79 Å². The van der Waals surface area contributed by atoms with Gasteiger partial charge in [0, 0.05) is 37.6 Å². The highest BCUT2D eigenvalue weighted by molar-refractivity contribution is 6.30. The fourth-order valence-electron chi connectivity index (χ4n) is 5.20. The molecule has 0 radical (unpaired) electrons. The molecular formula is C30H37ClN2O3. The van der Waals surface area contributed by atoms with Gasteiger partial charge in [0.2, 0.25) is 5.91 Å². The molecule has 0 fully saturated rings. The Morgan fingerprint density at radius 1 is 1.00 bits per heavy atom. The molecule has 2 aliphatic rings. The number of fused-ring (bicyclic) bond motifs is 2. The predicted octanol–water partition coefficient (Wildman–Crippen LogP) is 6.18. The van der Waals surface area contributed by atoms with Crippen molar-refractivity contribution in [2.24, 2.45) is 5.92 Å². The number of anilines is 1. The number of aryl methyl sites for hydroxylation is 1. The van der Waals surface area contributed by atoms with E-state index >= 15 is 0 Å². The van der Waals surface area contributed by atoms with Crippen LogP contribution in [0.5, 0.6) is 5.75 Å². The number of hydrogen-bond donors (Lipinski definition) is 0. The SMILES string of the molecule is C[C@H]1C(=O)N(C)C/C=C/CCCCN2CCCCc3cc(Cl)ccc3COc3ccc(cc32)C1C=O. The molecule has 5 nitrogen and oxygen atoms in total. The van der Waals surface area contributed by atoms with Gasteiger partial charge in [-0.05, 0) is 79.5 Å². The van der Waals surface area contributed by atoms with Crippen molar-refractivity contribution in [3.8, 4) is 5.75 Å². The van der Waals surface area contributed by atoms with Crippen LogP contribution in [-0.4, -0.2) is 43.8 Å². The summed E-state index contributed by atoms with van der Waals surface area (Å²) >= 11 is 6.29. The van der Waals surface area contributed by atoms with Crippen LogP contribution >= 0.6 is 11.6 Å². The number of benzene rings is 2. The lowest BCUT2D eigenvalue weighted by molar-refractivity contribution is -0.135. The number of carbonyl (C=O) groups is 2. The van der Waals surface area contributed by atoms with Crippen LogP contribution in [0.4, 0.5) is 5.69 Å². The third kappa shape index (κ3) is 6.31. The minimum Gasteiger partial charge on any atom is -0.487 e. The van der Waals surface area contributed by atoms with Gasteiger partial charge in [-0.1, -0.05) is 42.8 Å². The highest BCUT2D eigenvalue weighted by Crippen LogP contribution is 2.36. The lowest BCUT2D eigenvalue weighted by Gasteiger charge is -2.29. The van der Waals surface area contributed by atoms with Gasteiger partial charge < -0.3 is 19.3 Å². The van der Waals surface area contributed by atoms with Crippen molar-refractivity contribution >= 4 is 29.5 Å². The van der Waals surface area contributed by atoms with Crippen molar-refractivity contribution in [2.75, 3.05) is 31.6 Å². The number of carbonyl (C=O) groups excluding carboxylic acids is 2. The minimum atomic E-state index is -0.512. The molecule has 2 aliphatic heterocycles. The number of halogens is 1. The molecule has 6 heteroatoms. The average molecular weight is 509 g/mol. The first-order chi connectivity index (χ1) is 17.5. The van der Waals surface area contributed by atoms with E-state index in [0.29, 0.717) is 13.2 Å². The Morgan fingerprint density at radius 3 is 2.61 bits per heavy atom. The van der Waals surface area contributed by atoms with Crippen molar-refractivity contribution in [3.05, 3.63) is 70.3 Å². The second-order valence-electron chi connectivity index (χ2n) is 10.0. The van der Waals surface area contributed by atoms with E-state index in [-0.39, 0.29) is 5.91 Å². The summed E-state index contributed by atoms with van der Waals surface area (Å²) in [5.41, 5.74) is 4.27. The van der Waals surface area contributed by atoms with E-state index in [2.05, 4.69) is 35.3 Å². The summed E-state index contributed by atoms with van der Waals surface area (Å²) in [6, 6.07) is 12.0. The summed E-state index contributed by atoms with van der Waals surface area (Å²) in [6.45, 7) is 4.72. The van der Waals surface area contributed by atoms with Gasteiger partial charge in [-0.15, -0.1) is 0 Å². The monoisotopic (exact) mass is 508 g/mol. The van der Waals surface area contributed by atoms with Gasteiger partial charge in [0.25, 0.3) is 0 Å². The molecule has 2 bridgehead atoms. The van der Waals surface area contributed by atoms with Gasteiger partial charge in [0.15, 0.2) is 0 Å². The van der Waals surface area contributed by atoms with E-state index < -0.39 is 11.8 Å². The van der Waals surface area contributed by atoms with E-state index in [4.69, 9.17) is 16.3 Å². The average Bonchev–Trinajstić information content (AvgIpc) is 2.91. The van der Waals surface area contributed by atoms with E-state index in [1.165, 1.54) is 5.56 Å². The highest BCUT2D eigenvalue weighted by Gasteiger charge is 2.29. The van der Waals surface area contributed by atoms with Crippen molar-refractivity contribution in [1.82, 2.24) is 4.90 Å². The maximum atomic E-state index is 13.1. The largest absolute Gasteiger partial charge is 0.487 e. The fraction of sp³-hybridized carbons (Fsp3) is 0.467. The molecule has 0 saturated carbocycles.